The molecule has 1 aliphatic rings. The van der Waals surface area contributed by atoms with Gasteiger partial charge >= 0.3 is 12.0 Å². The first-order valence-electron chi connectivity index (χ1n) is 11.2. The van der Waals surface area contributed by atoms with Gasteiger partial charge in [-0.25, -0.2) is 9.59 Å². The van der Waals surface area contributed by atoms with E-state index in [9.17, 15) is 9.59 Å². The third-order valence-corrected chi connectivity index (χ3v) is 4.93. The van der Waals surface area contributed by atoms with Crippen molar-refractivity contribution in [1.29, 1.82) is 0 Å². The summed E-state index contributed by atoms with van der Waals surface area (Å²) in [7, 11) is 0. The lowest BCUT2D eigenvalue weighted by Crippen LogP contribution is -2.35. The van der Waals surface area contributed by atoms with Crippen LogP contribution in [-0.2, 0) is 16.0 Å². The van der Waals surface area contributed by atoms with E-state index in [1.165, 1.54) is 5.56 Å². The van der Waals surface area contributed by atoms with Crippen molar-refractivity contribution in [2.75, 3.05) is 38.2 Å². The SMILES string of the molecule is CC(C)NC(=O)Nc1cccc(C(=O)OCCC#Cc2ccc(CN3CCOCC3)cc2)c1. The average molecular weight is 450 g/mol. The van der Waals surface area contributed by atoms with E-state index in [-0.39, 0.29) is 18.7 Å². The summed E-state index contributed by atoms with van der Waals surface area (Å²) in [5, 5.41) is 5.44. The molecule has 7 nitrogen and oxygen atoms in total. The maximum absolute atomic E-state index is 12.3. The molecule has 0 aliphatic carbocycles. The van der Waals surface area contributed by atoms with Crippen LogP contribution in [0.2, 0.25) is 0 Å². The monoisotopic (exact) mass is 449 g/mol. The Morgan fingerprint density at radius 3 is 2.61 bits per heavy atom. The van der Waals surface area contributed by atoms with Crippen LogP contribution in [-0.4, -0.2) is 55.9 Å². The second kappa shape index (κ2) is 12.6. The Bertz CT molecular complexity index is 987. The van der Waals surface area contributed by atoms with Crippen molar-refractivity contribution in [1.82, 2.24) is 10.2 Å². The first kappa shape index (κ1) is 24.3. The van der Waals surface area contributed by atoms with Crippen LogP contribution in [0, 0.1) is 11.8 Å². The van der Waals surface area contributed by atoms with E-state index in [4.69, 9.17) is 9.47 Å². The second-order valence-electron chi connectivity index (χ2n) is 8.11. The van der Waals surface area contributed by atoms with Gasteiger partial charge in [0.2, 0.25) is 0 Å². The topological polar surface area (TPSA) is 79.9 Å². The molecule has 7 heteroatoms. The van der Waals surface area contributed by atoms with Crippen LogP contribution in [0.3, 0.4) is 0 Å². The van der Waals surface area contributed by atoms with Gasteiger partial charge < -0.3 is 20.1 Å². The average Bonchev–Trinajstić information content (AvgIpc) is 2.80. The number of ether oxygens (including phenoxy) is 2. The fourth-order valence-electron chi connectivity index (χ4n) is 3.31. The molecule has 0 unspecified atom stereocenters. The highest BCUT2D eigenvalue weighted by molar-refractivity contribution is 5.94. The zero-order valence-electron chi connectivity index (χ0n) is 19.2. The molecule has 0 radical (unpaired) electrons. The number of nitrogens with one attached hydrogen (secondary N) is 2. The number of carbonyl (C=O) groups excluding carboxylic acids is 2. The van der Waals surface area contributed by atoms with Gasteiger partial charge in [-0.1, -0.05) is 30.0 Å². The van der Waals surface area contributed by atoms with Crippen molar-refractivity contribution in [3.8, 4) is 11.8 Å². The van der Waals surface area contributed by atoms with Gasteiger partial charge in [-0.05, 0) is 49.7 Å². The van der Waals surface area contributed by atoms with Crippen molar-refractivity contribution in [2.45, 2.75) is 32.9 Å². The van der Waals surface area contributed by atoms with E-state index in [2.05, 4.69) is 39.5 Å². The molecule has 2 aromatic carbocycles. The molecule has 0 spiro atoms. The van der Waals surface area contributed by atoms with Gasteiger partial charge in [0.25, 0.3) is 0 Å². The number of benzene rings is 2. The Morgan fingerprint density at radius 2 is 1.88 bits per heavy atom. The van der Waals surface area contributed by atoms with Crippen LogP contribution in [0.15, 0.2) is 48.5 Å². The molecule has 2 amide bonds. The van der Waals surface area contributed by atoms with Gasteiger partial charge in [0.05, 0.1) is 18.8 Å². The molecule has 3 rings (SSSR count). The van der Waals surface area contributed by atoms with Crippen molar-refractivity contribution in [3.05, 3.63) is 65.2 Å². The molecule has 1 fully saturated rings. The molecule has 0 saturated carbocycles. The van der Waals surface area contributed by atoms with Crippen molar-refractivity contribution in [2.24, 2.45) is 0 Å². The number of carbonyl (C=O) groups is 2. The van der Waals surface area contributed by atoms with E-state index < -0.39 is 5.97 Å². The summed E-state index contributed by atoms with van der Waals surface area (Å²) in [4.78, 5) is 26.5. The summed E-state index contributed by atoms with van der Waals surface area (Å²) in [5.41, 5.74) is 3.10. The van der Waals surface area contributed by atoms with Crippen LogP contribution in [0.5, 0.6) is 0 Å². The van der Waals surface area contributed by atoms with Crippen LogP contribution >= 0.6 is 0 Å². The van der Waals surface area contributed by atoms with Crippen LogP contribution in [0.25, 0.3) is 0 Å². The van der Waals surface area contributed by atoms with E-state index in [1.807, 2.05) is 26.0 Å². The molecular weight excluding hydrogens is 418 g/mol. The first-order valence-corrected chi connectivity index (χ1v) is 11.2. The molecule has 0 aromatic heterocycles. The molecular formula is C26H31N3O4. The largest absolute Gasteiger partial charge is 0.461 e. The molecule has 1 aliphatic heterocycles. The normalized spacial score (nSPS) is 13.7. The fraction of sp³-hybridized carbons (Fsp3) is 0.385. The molecule has 0 atom stereocenters. The number of amides is 2. The van der Waals surface area contributed by atoms with Gasteiger partial charge in [0.1, 0.15) is 6.61 Å². The highest BCUT2D eigenvalue weighted by atomic mass is 16.5. The first-order chi connectivity index (χ1) is 16.0. The minimum absolute atomic E-state index is 0.0206. The van der Waals surface area contributed by atoms with E-state index >= 15 is 0 Å². The number of rotatable bonds is 7. The molecule has 1 heterocycles. The minimum atomic E-state index is -0.447. The third-order valence-electron chi connectivity index (χ3n) is 4.93. The maximum atomic E-state index is 12.3. The number of anilines is 1. The highest BCUT2D eigenvalue weighted by Crippen LogP contribution is 2.12. The summed E-state index contributed by atoms with van der Waals surface area (Å²) in [6, 6.07) is 14.6. The summed E-state index contributed by atoms with van der Waals surface area (Å²) >= 11 is 0. The van der Waals surface area contributed by atoms with Crippen molar-refractivity contribution < 1.29 is 19.1 Å². The highest BCUT2D eigenvalue weighted by Gasteiger charge is 2.11. The Morgan fingerprint density at radius 1 is 1.12 bits per heavy atom. The van der Waals surface area contributed by atoms with E-state index in [0.717, 1.165) is 38.4 Å². The third kappa shape index (κ3) is 8.60. The van der Waals surface area contributed by atoms with Crippen LogP contribution < -0.4 is 10.6 Å². The zero-order valence-corrected chi connectivity index (χ0v) is 19.2. The Kier molecular flexibility index (Phi) is 9.31. The molecule has 2 N–H and O–H groups in total. The van der Waals surface area contributed by atoms with Gasteiger partial charge in [-0.2, -0.15) is 0 Å². The van der Waals surface area contributed by atoms with Gasteiger partial charge in [-0.3, -0.25) is 4.90 Å². The summed E-state index contributed by atoms with van der Waals surface area (Å²) < 4.78 is 10.7. The molecule has 0 bridgehead atoms. The van der Waals surface area contributed by atoms with E-state index in [1.54, 1.807) is 24.3 Å². The standard InChI is InChI=1S/C26H31N3O4/c1-20(2)27-26(31)28-24-8-5-7-23(18-24)25(30)33-15-4-3-6-21-9-11-22(12-10-21)19-29-13-16-32-17-14-29/h5,7-12,18,20H,4,13-17,19H2,1-2H3,(H2,27,28,31). The second-order valence-corrected chi connectivity index (χ2v) is 8.11. The summed E-state index contributed by atoms with van der Waals surface area (Å²) in [5.74, 6) is 5.70. The van der Waals surface area contributed by atoms with E-state index in [0.29, 0.717) is 17.7 Å². The fourth-order valence-corrected chi connectivity index (χ4v) is 3.31. The molecule has 1 saturated heterocycles. The number of hydrogen-bond acceptors (Lipinski definition) is 5. The predicted octanol–water partition coefficient (Wildman–Crippen LogP) is 3.65. The number of hydrogen-bond donors (Lipinski definition) is 2. The van der Waals surface area contributed by atoms with Gasteiger partial charge in [-0.15, -0.1) is 0 Å². The number of esters is 1. The lowest BCUT2D eigenvalue weighted by atomic mass is 10.1. The Labute approximate surface area is 195 Å². The number of nitrogens with zero attached hydrogens (tertiary/aromatic N) is 1. The smallest absolute Gasteiger partial charge is 0.338 e. The lowest BCUT2D eigenvalue weighted by Gasteiger charge is -2.26. The minimum Gasteiger partial charge on any atom is -0.461 e. The van der Waals surface area contributed by atoms with Crippen LogP contribution in [0.4, 0.5) is 10.5 Å². The lowest BCUT2D eigenvalue weighted by molar-refractivity contribution is 0.0342. The summed E-state index contributed by atoms with van der Waals surface area (Å²) in [6.45, 7) is 8.40. The Hall–Kier alpha value is -3.34. The predicted molar refractivity (Wildman–Crippen MR) is 128 cm³/mol. The number of urea groups is 1. The quantitative estimate of drug-likeness (QED) is 0.383. The zero-order chi connectivity index (χ0) is 23.5. The molecule has 2 aromatic rings. The number of morpholine rings is 1. The maximum Gasteiger partial charge on any atom is 0.338 e. The Balaban J connectivity index is 1.41. The van der Waals surface area contributed by atoms with Gasteiger partial charge in [0.15, 0.2) is 0 Å². The molecule has 174 valence electrons. The van der Waals surface area contributed by atoms with Crippen molar-refractivity contribution >= 4 is 17.7 Å². The van der Waals surface area contributed by atoms with Crippen molar-refractivity contribution in [3.63, 3.8) is 0 Å². The molecule has 33 heavy (non-hydrogen) atoms. The van der Waals surface area contributed by atoms with Crippen LogP contribution in [0.1, 0.15) is 41.8 Å². The van der Waals surface area contributed by atoms with Gasteiger partial charge in [0, 0.05) is 43.3 Å². The summed E-state index contributed by atoms with van der Waals surface area (Å²) in [6.07, 6.45) is 0.440.